The zero-order chi connectivity index (χ0) is 44.2. The van der Waals surface area contributed by atoms with Crippen molar-refractivity contribution < 1.29 is 39.2 Å². The predicted molar refractivity (Wildman–Crippen MR) is 227 cm³/mol. The number of nitriles is 2. The van der Waals surface area contributed by atoms with Crippen LogP contribution in [0.5, 0.6) is 5.75 Å². The summed E-state index contributed by atoms with van der Waals surface area (Å²) in [6, 6.07) is 19.5. The summed E-state index contributed by atoms with van der Waals surface area (Å²) in [7, 11) is 0. The van der Waals surface area contributed by atoms with Crippen molar-refractivity contribution in [1.29, 1.82) is 10.5 Å². The van der Waals surface area contributed by atoms with Crippen molar-refractivity contribution in [1.82, 2.24) is 20.9 Å². The van der Waals surface area contributed by atoms with E-state index in [9.17, 15) is 45.0 Å². The minimum absolute atomic E-state index is 0.0146. The highest BCUT2D eigenvalue weighted by Crippen LogP contribution is 2.30. The molecule has 3 aromatic carbocycles. The molecule has 62 heavy (non-hydrogen) atoms. The van der Waals surface area contributed by atoms with Gasteiger partial charge in [0, 0.05) is 6.54 Å². The van der Waals surface area contributed by atoms with Gasteiger partial charge in [-0.05, 0) is 148 Å². The van der Waals surface area contributed by atoms with E-state index in [-0.39, 0.29) is 69.0 Å². The number of hydrogen-bond donors (Lipinski definition) is 6. The molecule has 0 aliphatic carbocycles. The van der Waals surface area contributed by atoms with Crippen LogP contribution in [0.2, 0.25) is 0 Å². The summed E-state index contributed by atoms with van der Waals surface area (Å²) in [4.78, 5) is 56.6. The van der Waals surface area contributed by atoms with Gasteiger partial charge in [0.15, 0.2) is 5.69 Å². The van der Waals surface area contributed by atoms with E-state index in [4.69, 9.17) is 11.3 Å². The second kappa shape index (κ2) is 21.5. The standard InChI is InChI=1S/C47H53N7O8/c1-50-39-15-31(20-42(46(58)59)37-3-6-52-26-37)14-35(16-39)28-54(8-9-62-40-17-32(13-34(18-40)24-49)21-43(47(60)61)38-4-7-53-27-38)44(55)22-30-10-29(11-33(12-30)23-48)19-41(45(56)57)36-2-5-51-25-36/h10-18,36-38,41-43,51-53H,2-9,19-22,25-28H2,(H,56,57)(H,58,59)(H,60,61)/t36-,37-,38-,41-,42-,43-/m0/s1. The van der Waals surface area contributed by atoms with Crippen LogP contribution < -0.4 is 20.7 Å². The van der Waals surface area contributed by atoms with Gasteiger partial charge < -0.3 is 40.9 Å². The van der Waals surface area contributed by atoms with Crippen LogP contribution >= 0.6 is 0 Å². The molecule has 0 spiro atoms. The maximum atomic E-state index is 14.4. The van der Waals surface area contributed by atoms with Gasteiger partial charge >= 0.3 is 17.9 Å². The SMILES string of the molecule is [C-]#[N+]c1cc(C[C@H](C(=O)O)[C@H]2CCNC2)cc(CN(CCOc2cc(C#N)cc(C[C@H](C(=O)O)[C@H]3CCNC3)c2)C(=O)Cc2cc(C#N)cc(C[C@H](C(=O)O)[C@H]3CCNC3)c2)c1. The van der Waals surface area contributed by atoms with Gasteiger partial charge in [-0.15, -0.1) is 0 Å². The second-order valence-electron chi connectivity index (χ2n) is 16.8. The lowest BCUT2D eigenvalue weighted by molar-refractivity contribution is -0.144. The quantitative estimate of drug-likeness (QED) is 0.0879. The molecular weight excluding hydrogens is 791 g/mol. The Morgan fingerprint density at radius 2 is 1.13 bits per heavy atom. The Morgan fingerprint density at radius 3 is 1.60 bits per heavy atom. The number of aliphatic carboxylic acids is 3. The van der Waals surface area contributed by atoms with Gasteiger partial charge in [-0.1, -0.05) is 29.8 Å². The molecule has 3 saturated heterocycles. The van der Waals surface area contributed by atoms with E-state index in [0.29, 0.717) is 70.0 Å². The van der Waals surface area contributed by atoms with Crippen LogP contribution in [0.1, 0.15) is 58.2 Å². The second-order valence-corrected chi connectivity index (χ2v) is 16.8. The summed E-state index contributed by atoms with van der Waals surface area (Å²) in [5, 5.41) is 59.7. The molecule has 3 aliphatic rings. The van der Waals surface area contributed by atoms with E-state index >= 15 is 0 Å². The lowest BCUT2D eigenvalue weighted by Crippen LogP contribution is -2.35. The number of nitrogens with zero attached hydrogens (tertiary/aromatic N) is 4. The van der Waals surface area contributed by atoms with Crippen LogP contribution in [-0.2, 0) is 51.4 Å². The smallest absolute Gasteiger partial charge is 0.307 e. The topological polar surface area (TPSA) is 229 Å². The van der Waals surface area contributed by atoms with E-state index < -0.39 is 35.7 Å². The molecule has 3 heterocycles. The van der Waals surface area contributed by atoms with Gasteiger partial charge in [0.05, 0.1) is 60.6 Å². The summed E-state index contributed by atoms with van der Waals surface area (Å²) in [6.45, 7) is 11.9. The number of rotatable bonds is 20. The number of carbonyl (C=O) groups is 4. The zero-order valence-corrected chi connectivity index (χ0v) is 34.6. The molecule has 6 N–H and O–H groups in total. The Kier molecular flexibility index (Phi) is 15.7. The number of carboxylic acids is 3. The van der Waals surface area contributed by atoms with E-state index in [2.05, 4.69) is 32.9 Å². The molecule has 0 aromatic heterocycles. The largest absolute Gasteiger partial charge is 0.492 e. The van der Waals surface area contributed by atoms with E-state index in [1.807, 2.05) is 6.07 Å². The number of amides is 1. The number of benzene rings is 3. The monoisotopic (exact) mass is 843 g/mol. The van der Waals surface area contributed by atoms with Crippen LogP contribution in [0.25, 0.3) is 4.85 Å². The number of ether oxygens (including phenoxy) is 1. The molecule has 0 saturated carbocycles. The lowest BCUT2D eigenvalue weighted by Gasteiger charge is -2.25. The fourth-order valence-electron chi connectivity index (χ4n) is 9.25. The molecule has 3 aliphatic heterocycles. The predicted octanol–water partition coefficient (Wildman–Crippen LogP) is 4.19. The average molecular weight is 844 g/mol. The molecule has 15 heteroatoms. The number of hydrogen-bond acceptors (Lipinski definition) is 10. The van der Waals surface area contributed by atoms with Crippen LogP contribution in [0.3, 0.4) is 0 Å². The summed E-state index contributed by atoms with van der Waals surface area (Å²) < 4.78 is 6.17. The summed E-state index contributed by atoms with van der Waals surface area (Å²) >= 11 is 0. The fraction of sp³-hybridized carbons (Fsp3) is 0.468. The number of nitrogens with one attached hydrogen (secondary N) is 3. The third-order valence-electron chi connectivity index (χ3n) is 12.5. The molecule has 0 unspecified atom stereocenters. The van der Waals surface area contributed by atoms with E-state index in [0.717, 1.165) is 38.9 Å². The first-order chi connectivity index (χ1) is 29.9. The first-order valence-corrected chi connectivity index (χ1v) is 21.2. The average Bonchev–Trinajstić information content (AvgIpc) is 4.09. The third-order valence-corrected chi connectivity index (χ3v) is 12.5. The summed E-state index contributed by atoms with van der Waals surface area (Å²) in [5.74, 6) is -4.87. The molecule has 0 radical (unpaired) electrons. The third kappa shape index (κ3) is 12.2. The highest BCUT2D eigenvalue weighted by molar-refractivity contribution is 5.79. The highest BCUT2D eigenvalue weighted by Gasteiger charge is 2.33. The molecule has 324 valence electrons. The minimum Gasteiger partial charge on any atom is -0.492 e. The normalized spacial score (nSPS) is 19.7. The van der Waals surface area contributed by atoms with Gasteiger partial charge in [0.1, 0.15) is 12.4 Å². The highest BCUT2D eigenvalue weighted by atomic mass is 16.5. The number of carboxylic acid groups (broad SMARTS) is 3. The Balaban J connectivity index is 1.25. The molecule has 1 amide bonds. The van der Waals surface area contributed by atoms with Crippen molar-refractivity contribution >= 4 is 29.5 Å². The Hall–Kier alpha value is -6.31. The lowest BCUT2D eigenvalue weighted by atomic mass is 9.85. The van der Waals surface area contributed by atoms with Gasteiger partial charge in [0.25, 0.3) is 0 Å². The minimum atomic E-state index is -0.916. The van der Waals surface area contributed by atoms with Crippen molar-refractivity contribution in [2.45, 2.75) is 51.5 Å². The molecule has 0 bridgehead atoms. The molecule has 15 nitrogen and oxygen atoms in total. The Morgan fingerprint density at radius 1 is 0.677 bits per heavy atom. The fourth-order valence-corrected chi connectivity index (χ4v) is 9.25. The Labute approximate surface area is 361 Å². The first kappa shape index (κ1) is 45.2. The van der Waals surface area contributed by atoms with Gasteiger partial charge in [-0.2, -0.15) is 10.5 Å². The van der Waals surface area contributed by atoms with Crippen LogP contribution in [-0.4, -0.2) is 96.5 Å². The van der Waals surface area contributed by atoms with Crippen LogP contribution in [0.4, 0.5) is 5.69 Å². The summed E-state index contributed by atoms with van der Waals surface area (Å²) in [6.07, 6.45) is 2.70. The molecule has 3 aromatic rings. The van der Waals surface area contributed by atoms with E-state index in [1.165, 1.54) is 0 Å². The summed E-state index contributed by atoms with van der Waals surface area (Å²) in [5.41, 5.74) is 4.02. The molecule has 6 atom stereocenters. The van der Waals surface area contributed by atoms with Crippen molar-refractivity contribution in [3.63, 3.8) is 0 Å². The molecular formula is C47H53N7O8. The maximum absolute atomic E-state index is 14.4. The van der Waals surface area contributed by atoms with Crippen LogP contribution in [0, 0.1) is 64.7 Å². The van der Waals surface area contributed by atoms with Crippen molar-refractivity contribution in [3.05, 3.63) is 105 Å². The van der Waals surface area contributed by atoms with Gasteiger partial charge in [-0.25, -0.2) is 4.85 Å². The van der Waals surface area contributed by atoms with Crippen LogP contribution in [0.15, 0.2) is 54.6 Å². The van der Waals surface area contributed by atoms with Gasteiger partial charge in [-0.3, -0.25) is 19.2 Å². The van der Waals surface area contributed by atoms with Crippen molar-refractivity contribution in [2.24, 2.45) is 35.5 Å². The Bertz CT molecular complexity index is 2240. The van der Waals surface area contributed by atoms with E-state index in [1.54, 1.807) is 53.4 Å². The zero-order valence-electron chi connectivity index (χ0n) is 34.6. The first-order valence-electron chi connectivity index (χ1n) is 21.2. The van der Waals surface area contributed by atoms with Crippen molar-refractivity contribution in [3.8, 4) is 17.9 Å². The van der Waals surface area contributed by atoms with Gasteiger partial charge in [0.2, 0.25) is 5.91 Å². The van der Waals surface area contributed by atoms with Crippen molar-refractivity contribution in [2.75, 3.05) is 52.4 Å². The molecule has 6 rings (SSSR count). The number of carbonyl (C=O) groups excluding carboxylic acids is 1. The maximum Gasteiger partial charge on any atom is 0.307 e. The molecule has 3 fully saturated rings.